The molecule has 2 aromatic carbocycles. The highest BCUT2D eigenvalue weighted by molar-refractivity contribution is 9.10. The fourth-order valence-electron chi connectivity index (χ4n) is 3.14. The first-order valence-electron chi connectivity index (χ1n) is 8.70. The summed E-state index contributed by atoms with van der Waals surface area (Å²) >= 11 is 3.35. The van der Waals surface area contributed by atoms with Gasteiger partial charge in [-0.15, -0.1) is 0 Å². The standard InChI is InChI=1S/C20H20BrN3O3/c21-15-8-6-14(7-9-15)18(25)16-4-1-2-5-17(16)19(26)23-10-3-11-24(13-12-23)20(22)27/h1-2,4-9H,3,10-13H2,(H2,22,27). The summed E-state index contributed by atoms with van der Waals surface area (Å²) < 4.78 is 0.881. The first kappa shape index (κ1) is 19.1. The number of benzene rings is 2. The molecule has 7 heteroatoms. The van der Waals surface area contributed by atoms with Gasteiger partial charge in [0.15, 0.2) is 5.78 Å². The summed E-state index contributed by atoms with van der Waals surface area (Å²) in [6.45, 7) is 1.83. The van der Waals surface area contributed by atoms with Gasteiger partial charge < -0.3 is 15.5 Å². The zero-order valence-electron chi connectivity index (χ0n) is 14.7. The molecule has 140 valence electrons. The van der Waals surface area contributed by atoms with Crippen molar-refractivity contribution in [2.75, 3.05) is 26.2 Å². The van der Waals surface area contributed by atoms with Crippen molar-refractivity contribution >= 4 is 33.7 Å². The highest BCUT2D eigenvalue weighted by atomic mass is 79.9. The first-order chi connectivity index (χ1) is 13.0. The number of carbonyl (C=O) groups excluding carboxylic acids is 3. The Morgan fingerprint density at radius 3 is 2.07 bits per heavy atom. The van der Waals surface area contributed by atoms with Crippen LogP contribution in [0.15, 0.2) is 53.0 Å². The molecule has 2 N–H and O–H groups in total. The van der Waals surface area contributed by atoms with Crippen LogP contribution in [0.4, 0.5) is 4.79 Å². The van der Waals surface area contributed by atoms with Crippen LogP contribution in [0.3, 0.4) is 0 Å². The number of primary amides is 1. The molecule has 6 nitrogen and oxygen atoms in total. The third kappa shape index (κ3) is 4.36. The van der Waals surface area contributed by atoms with Crippen molar-refractivity contribution < 1.29 is 14.4 Å². The Balaban J connectivity index is 1.85. The highest BCUT2D eigenvalue weighted by Crippen LogP contribution is 2.19. The number of hydrogen-bond acceptors (Lipinski definition) is 3. The second-order valence-corrected chi connectivity index (χ2v) is 7.27. The normalized spacial score (nSPS) is 14.6. The Bertz CT molecular complexity index is 867. The van der Waals surface area contributed by atoms with Crippen LogP contribution in [-0.4, -0.2) is 53.7 Å². The van der Waals surface area contributed by atoms with Gasteiger partial charge in [-0.1, -0.05) is 34.1 Å². The largest absolute Gasteiger partial charge is 0.351 e. The maximum absolute atomic E-state index is 13.1. The third-order valence-electron chi connectivity index (χ3n) is 4.60. The summed E-state index contributed by atoms with van der Waals surface area (Å²) in [5.41, 5.74) is 6.61. The van der Waals surface area contributed by atoms with Gasteiger partial charge in [0.05, 0.1) is 5.56 Å². The van der Waals surface area contributed by atoms with Gasteiger partial charge >= 0.3 is 6.03 Å². The van der Waals surface area contributed by atoms with Gasteiger partial charge in [-0.05, 0) is 36.8 Å². The van der Waals surface area contributed by atoms with Crippen LogP contribution in [0.5, 0.6) is 0 Å². The molecule has 0 spiro atoms. The molecule has 0 bridgehead atoms. The summed E-state index contributed by atoms with van der Waals surface area (Å²) in [5, 5.41) is 0. The Kier molecular flexibility index (Phi) is 5.91. The lowest BCUT2D eigenvalue weighted by Crippen LogP contribution is -2.40. The lowest BCUT2D eigenvalue weighted by molar-refractivity contribution is 0.0758. The van der Waals surface area contributed by atoms with Crippen LogP contribution in [0.25, 0.3) is 0 Å². The minimum Gasteiger partial charge on any atom is -0.351 e. The van der Waals surface area contributed by atoms with E-state index in [4.69, 9.17) is 5.73 Å². The quantitative estimate of drug-likeness (QED) is 0.761. The van der Waals surface area contributed by atoms with Crippen LogP contribution in [0.2, 0.25) is 0 Å². The number of rotatable bonds is 3. The van der Waals surface area contributed by atoms with Crippen LogP contribution in [-0.2, 0) is 0 Å². The molecule has 1 heterocycles. The predicted molar refractivity (Wildman–Crippen MR) is 106 cm³/mol. The zero-order chi connectivity index (χ0) is 19.4. The van der Waals surface area contributed by atoms with E-state index in [-0.39, 0.29) is 11.7 Å². The summed E-state index contributed by atoms with van der Waals surface area (Å²) in [6, 6.07) is 13.4. The molecular weight excluding hydrogens is 410 g/mol. The summed E-state index contributed by atoms with van der Waals surface area (Å²) in [6.07, 6.45) is 0.650. The average Bonchev–Trinajstić information content (AvgIpc) is 2.94. The second kappa shape index (κ2) is 8.35. The van der Waals surface area contributed by atoms with Crippen LogP contribution in [0, 0.1) is 0 Å². The van der Waals surface area contributed by atoms with Crippen molar-refractivity contribution in [1.29, 1.82) is 0 Å². The number of nitrogens with zero attached hydrogens (tertiary/aromatic N) is 2. The number of nitrogens with two attached hydrogens (primary N) is 1. The summed E-state index contributed by atoms with van der Waals surface area (Å²) in [5.74, 6) is -0.401. The van der Waals surface area contributed by atoms with Crippen molar-refractivity contribution in [3.63, 3.8) is 0 Å². The van der Waals surface area contributed by atoms with E-state index in [2.05, 4.69) is 15.9 Å². The first-order valence-corrected chi connectivity index (χ1v) is 9.49. The van der Waals surface area contributed by atoms with E-state index in [1.807, 2.05) is 0 Å². The number of ketones is 1. The Hall–Kier alpha value is -2.67. The van der Waals surface area contributed by atoms with Crippen LogP contribution < -0.4 is 5.73 Å². The second-order valence-electron chi connectivity index (χ2n) is 6.35. The van der Waals surface area contributed by atoms with Crippen LogP contribution >= 0.6 is 15.9 Å². The molecule has 0 unspecified atom stereocenters. The summed E-state index contributed by atoms with van der Waals surface area (Å²) in [7, 11) is 0. The molecular formula is C20H20BrN3O3. The average molecular weight is 430 g/mol. The zero-order valence-corrected chi connectivity index (χ0v) is 16.3. The molecule has 3 rings (SSSR count). The molecule has 1 fully saturated rings. The lowest BCUT2D eigenvalue weighted by Gasteiger charge is -2.22. The number of carbonyl (C=O) groups is 3. The number of urea groups is 1. The minimum absolute atomic E-state index is 0.194. The molecule has 0 atom stereocenters. The molecule has 2 aromatic rings. The number of hydrogen-bond donors (Lipinski definition) is 1. The SMILES string of the molecule is NC(=O)N1CCCN(C(=O)c2ccccc2C(=O)c2ccc(Br)cc2)CC1. The van der Waals surface area contributed by atoms with E-state index in [0.29, 0.717) is 49.3 Å². The van der Waals surface area contributed by atoms with E-state index in [0.717, 1.165) is 4.47 Å². The van der Waals surface area contributed by atoms with E-state index in [1.165, 1.54) is 4.90 Å². The smallest absolute Gasteiger partial charge is 0.314 e. The molecule has 3 amide bonds. The van der Waals surface area contributed by atoms with E-state index in [9.17, 15) is 14.4 Å². The Morgan fingerprint density at radius 1 is 0.815 bits per heavy atom. The van der Waals surface area contributed by atoms with E-state index >= 15 is 0 Å². The predicted octanol–water partition coefficient (Wildman–Crippen LogP) is 2.91. The van der Waals surface area contributed by atoms with Gasteiger partial charge in [-0.3, -0.25) is 9.59 Å². The number of amides is 3. The van der Waals surface area contributed by atoms with Crippen molar-refractivity contribution in [3.05, 3.63) is 69.7 Å². The monoisotopic (exact) mass is 429 g/mol. The fraction of sp³-hybridized carbons (Fsp3) is 0.250. The van der Waals surface area contributed by atoms with Gasteiger partial charge in [-0.2, -0.15) is 0 Å². The van der Waals surface area contributed by atoms with Gasteiger partial charge in [0.2, 0.25) is 0 Å². The Labute approximate surface area is 166 Å². The summed E-state index contributed by atoms with van der Waals surface area (Å²) in [4.78, 5) is 40.6. The Morgan fingerprint density at radius 2 is 1.41 bits per heavy atom. The fourth-order valence-corrected chi connectivity index (χ4v) is 3.40. The molecule has 1 aliphatic rings. The van der Waals surface area contributed by atoms with Gasteiger partial charge in [0.1, 0.15) is 0 Å². The maximum Gasteiger partial charge on any atom is 0.314 e. The minimum atomic E-state index is -0.477. The van der Waals surface area contributed by atoms with Crippen molar-refractivity contribution in [2.45, 2.75) is 6.42 Å². The van der Waals surface area contributed by atoms with Gasteiger partial charge in [-0.25, -0.2) is 4.79 Å². The van der Waals surface area contributed by atoms with Crippen molar-refractivity contribution in [2.24, 2.45) is 5.73 Å². The molecule has 0 aromatic heterocycles. The van der Waals surface area contributed by atoms with Crippen molar-refractivity contribution in [1.82, 2.24) is 9.80 Å². The number of halogens is 1. The van der Waals surface area contributed by atoms with E-state index in [1.54, 1.807) is 53.4 Å². The van der Waals surface area contributed by atoms with Gasteiger partial charge in [0, 0.05) is 41.8 Å². The topological polar surface area (TPSA) is 83.7 Å². The van der Waals surface area contributed by atoms with Crippen LogP contribution in [0.1, 0.15) is 32.7 Å². The van der Waals surface area contributed by atoms with Crippen molar-refractivity contribution in [3.8, 4) is 0 Å². The molecule has 0 saturated carbocycles. The molecule has 27 heavy (non-hydrogen) atoms. The lowest BCUT2D eigenvalue weighted by atomic mass is 9.97. The molecule has 0 aliphatic carbocycles. The molecule has 1 saturated heterocycles. The molecule has 1 aliphatic heterocycles. The third-order valence-corrected chi connectivity index (χ3v) is 5.13. The molecule has 0 radical (unpaired) electrons. The highest BCUT2D eigenvalue weighted by Gasteiger charge is 2.25. The van der Waals surface area contributed by atoms with E-state index < -0.39 is 6.03 Å². The van der Waals surface area contributed by atoms with Gasteiger partial charge in [0.25, 0.3) is 5.91 Å². The maximum atomic E-state index is 13.1.